The van der Waals surface area contributed by atoms with Crippen molar-refractivity contribution in [2.24, 2.45) is 0 Å². The van der Waals surface area contributed by atoms with Crippen molar-refractivity contribution in [2.45, 2.75) is 9.79 Å². The molecule has 3 N–H and O–H groups in total. The van der Waals surface area contributed by atoms with Gasteiger partial charge in [-0.25, -0.2) is 16.8 Å². The molecule has 186 valence electrons. The van der Waals surface area contributed by atoms with Crippen LogP contribution in [0.2, 0.25) is 0 Å². The van der Waals surface area contributed by atoms with E-state index in [2.05, 4.69) is 0 Å². The lowest BCUT2D eigenvalue weighted by molar-refractivity contribution is -0.256. The second-order valence-electron chi connectivity index (χ2n) is 7.40. The fraction of sp³-hybridized carbons (Fsp3) is 0. The van der Waals surface area contributed by atoms with Crippen LogP contribution in [0.1, 0.15) is 20.7 Å². The van der Waals surface area contributed by atoms with Crippen LogP contribution in [0.4, 0.5) is 5.69 Å². The normalized spacial score (nSPS) is 12.2. The van der Waals surface area contributed by atoms with Gasteiger partial charge in [0.15, 0.2) is 11.3 Å². The molecule has 4 rings (SSSR count). The second kappa shape index (κ2) is 8.13. The molecule has 0 saturated carbocycles. The van der Waals surface area contributed by atoms with Gasteiger partial charge < -0.3 is 39.1 Å². The van der Waals surface area contributed by atoms with E-state index in [1.807, 2.05) is 0 Å². The zero-order chi connectivity index (χ0) is 26.7. The zero-order valence-electron chi connectivity index (χ0n) is 17.4. The van der Waals surface area contributed by atoms with E-state index in [1.165, 1.54) is 0 Å². The van der Waals surface area contributed by atoms with Gasteiger partial charge in [0, 0.05) is 22.1 Å². The Morgan fingerprint density at radius 1 is 0.833 bits per heavy atom. The van der Waals surface area contributed by atoms with Gasteiger partial charge in [-0.2, -0.15) is 0 Å². The third-order valence-electron chi connectivity index (χ3n) is 5.24. The lowest BCUT2D eigenvalue weighted by atomic mass is 9.89. The molecule has 1 heterocycles. The standard InChI is InChI=1S/C21H14N2O11S2/c22-13-5-3-10-15(12-7-8(20(24)25)1-2-9(12)21(26)27)11-4-6-14(23)19(36(31,32)33)17(11)34-16(10)18(13)35(28,29)30/h1-7,22H,23H2,(H,24,25)(H,26,27)(H,28,29,30)(H,31,32,33)/p-4. The summed E-state index contributed by atoms with van der Waals surface area (Å²) >= 11 is 0. The molecule has 15 heteroatoms. The van der Waals surface area contributed by atoms with Crippen LogP contribution in [-0.2, 0) is 20.2 Å². The lowest BCUT2D eigenvalue weighted by Crippen LogP contribution is -2.25. The van der Waals surface area contributed by atoms with Gasteiger partial charge in [-0.1, -0.05) is 12.1 Å². The fourth-order valence-electron chi connectivity index (χ4n) is 3.84. The van der Waals surface area contributed by atoms with E-state index in [0.29, 0.717) is 0 Å². The van der Waals surface area contributed by atoms with Gasteiger partial charge in [-0.3, -0.25) is 5.41 Å². The number of carbonyl (C=O) groups excluding carboxylic acids is 2. The molecule has 2 aromatic rings. The molecule has 0 amide bonds. The van der Waals surface area contributed by atoms with Crippen LogP contribution in [0.15, 0.2) is 56.7 Å². The quantitative estimate of drug-likeness (QED) is 0.175. The van der Waals surface area contributed by atoms with Crippen molar-refractivity contribution >= 4 is 48.8 Å². The minimum atomic E-state index is -5.46. The van der Waals surface area contributed by atoms with Crippen LogP contribution in [0.3, 0.4) is 0 Å². The Bertz CT molecular complexity index is 1870. The predicted octanol–water partition coefficient (Wildman–Crippen LogP) is -1.20. The van der Waals surface area contributed by atoms with Crippen molar-refractivity contribution in [1.82, 2.24) is 0 Å². The number of nitrogens with two attached hydrogens (primary N) is 1. The van der Waals surface area contributed by atoms with Crippen LogP contribution in [0.5, 0.6) is 0 Å². The number of benzene rings is 3. The van der Waals surface area contributed by atoms with Crippen LogP contribution in [0.25, 0.3) is 33.4 Å². The van der Waals surface area contributed by atoms with Crippen LogP contribution < -0.4 is 21.3 Å². The van der Waals surface area contributed by atoms with E-state index in [-0.39, 0.29) is 16.5 Å². The van der Waals surface area contributed by atoms with Crippen molar-refractivity contribution in [2.75, 3.05) is 5.73 Å². The number of carboxylic acids is 2. The summed E-state index contributed by atoms with van der Waals surface area (Å²) in [7, 11) is -10.9. The highest BCUT2D eigenvalue weighted by Crippen LogP contribution is 2.45. The number of fused-ring (bicyclic) bond motifs is 2. The number of hydrogen-bond acceptors (Lipinski definition) is 13. The summed E-state index contributed by atoms with van der Waals surface area (Å²) in [5.41, 5.74) is 1.91. The minimum Gasteiger partial charge on any atom is -0.744 e. The van der Waals surface area contributed by atoms with Gasteiger partial charge >= 0.3 is 0 Å². The highest BCUT2D eigenvalue weighted by atomic mass is 32.2. The maximum atomic E-state index is 12.0. The molecule has 0 radical (unpaired) electrons. The van der Waals surface area contributed by atoms with E-state index >= 15 is 0 Å². The zero-order valence-corrected chi connectivity index (χ0v) is 19.1. The van der Waals surface area contributed by atoms with Crippen molar-refractivity contribution in [3.8, 4) is 22.5 Å². The van der Waals surface area contributed by atoms with E-state index in [9.17, 15) is 45.7 Å². The van der Waals surface area contributed by atoms with Gasteiger partial charge in [-0.05, 0) is 41.5 Å². The fourth-order valence-corrected chi connectivity index (χ4v) is 5.29. The number of hydrogen-bond donors (Lipinski definition) is 2. The molecular weight excluding hydrogens is 520 g/mol. The Labute approximate surface area is 201 Å². The average molecular weight is 530 g/mol. The molecule has 13 nitrogen and oxygen atoms in total. The Hall–Kier alpha value is -4.31. The molecule has 0 saturated heterocycles. The molecule has 0 atom stereocenters. The van der Waals surface area contributed by atoms with Crippen LogP contribution >= 0.6 is 0 Å². The highest BCUT2D eigenvalue weighted by molar-refractivity contribution is 7.86. The number of anilines is 1. The second-order valence-corrected chi connectivity index (χ2v) is 10.0. The number of nitrogen functional groups attached to an aromatic ring is 1. The molecule has 0 bridgehead atoms. The number of nitrogens with one attached hydrogen (secondary N) is 1. The van der Waals surface area contributed by atoms with Gasteiger partial charge in [0.1, 0.15) is 30.0 Å². The first kappa shape index (κ1) is 24.8. The first-order valence-corrected chi connectivity index (χ1v) is 12.3. The van der Waals surface area contributed by atoms with Crippen LogP contribution in [-0.4, -0.2) is 37.9 Å². The summed E-state index contributed by atoms with van der Waals surface area (Å²) in [6, 6.07) is 6.61. The Balaban J connectivity index is 2.41. The van der Waals surface area contributed by atoms with Crippen molar-refractivity contribution in [3.63, 3.8) is 0 Å². The summed E-state index contributed by atoms with van der Waals surface area (Å²) in [4.78, 5) is 20.9. The SMILES string of the molecule is N=c1ccc2c(-c3cc(C(=O)[O-])ccc3C(=O)[O-])c3ccc(N)c(S(=O)(=O)[O-])c3oc-2c1S(=O)(=O)[O-]. The first-order chi connectivity index (χ1) is 16.6. The minimum absolute atomic E-state index is 0.309. The third-order valence-corrected chi connectivity index (χ3v) is 7.07. The smallest absolute Gasteiger partial charge is 0.155 e. The molecule has 2 aliphatic rings. The maximum absolute atomic E-state index is 12.0. The van der Waals surface area contributed by atoms with E-state index in [1.54, 1.807) is 0 Å². The summed E-state index contributed by atoms with van der Waals surface area (Å²) in [5.74, 6) is -4.42. The average Bonchev–Trinajstić information content (AvgIpc) is 2.74. The molecule has 0 fully saturated rings. The van der Waals surface area contributed by atoms with Gasteiger partial charge in [-0.15, -0.1) is 0 Å². The molecule has 2 aromatic carbocycles. The summed E-state index contributed by atoms with van der Waals surface area (Å²) in [6.07, 6.45) is 0. The van der Waals surface area contributed by atoms with E-state index in [0.717, 1.165) is 42.5 Å². The predicted molar refractivity (Wildman–Crippen MR) is 113 cm³/mol. The molecule has 36 heavy (non-hydrogen) atoms. The molecule has 1 aliphatic heterocycles. The Morgan fingerprint density at radius 2 is 1.47 bits per heavy atom. The molecule has 1 aliphatic carbocycles. The largest absolute Gasteiger partial charge is 0.744 e. The molecule has 0 spiro atoms. The Morgan fingerprint density at radius 3 is 2.03 bits per heavy atom. The van der Waals surface area contributed by atoms with Crippen molar-refractivity contribution < 1.29 is 50.2 Å². The first-order valence-electron chi connectivity index (χ1n) is 9.48. The third kappa shape index (κ3) is 3.95. The van der Waals surface area contributed by atoms with Gasteiger partial charge in [0.2, 0.25) is 0 Å². The van der Waals surface area contributed by atoms with E-state index < -0.39 is 81.0 Å². The Kier molecular flexibility index (Phi) is 5.60. The maximum Gasteiger partial charge on any atom is 0.155 e. The molecule has 0 unspecified atom stereocenters. The number of aromatic carboxylic acids is 2. The van der Waals surface area contributed by atoms with Crippen molar-refractivity contribution in [1.29, 1.82) is 5.41 Å². The topological polar surface area (TPSA) is 258 Å². The van der Waals surface area contributed by atoms with Crippen LogP contribution in [0, 0.1) is 5.41 Å². The van der Waals surface area contributed by atoms with Crippen molar-refractivity contribution in [3.05, 3.63) is 58.9 Å². The van der Waals surface area contributed by atoms with E-state index in [4.69, 9.17) is 15.6 Å². The molecular formula is C21H10N2O11S2-4. The molecule has 0 aromatic heterocycles. The summed E-state index contributed by atoms with van der Waals surface area (Å²) < 4.78 is 77.4. The number of rotatable bonds is 5. The van der Waals surface area contributed by atoms with Gasteiger partial charge in [0.25, 0.3) is 0 Å². The summed E-state index contributed by atoms with van der Waals surface area (Å²) in [5, 5.41) is 30.1. The number of carboxylic acid groups (broad SMARTS) is 2. The monoisotopic (exact) mass is 530 g/mol. The lowest BCUT2D eigenvalue weighted by Gasteiger charge is -2.23. The van der Waals surface area contributed by atoms with Gasteiger partial charge in [0.05, 0.1) is 23.0 Å². The highest BCUT2D eigenvalue weighted by Gasteiger charge is 2.28. The number of carbonyl (C=O) groups is 2. The summed E-state index contributed by atoms with van der Waals surface area (Å²) in [6.45, 7) is 0.